The molecule has 0 unspecified atom stereocenters. The van der Waals surface area contributed by atoms with E-state index in [1.807, 2.05) is 12.5 Å². The zero-order valence-electron chi connectivity index (χ0n) is 11.8. The first-order valence-electron chi connectivity index (χ1n) is 7.12. The lowest BCUT2D eigenvalue weighted by Gasteiger charge is -2.21. The van der Waals surface area contributed by atoms with Gasteiger partial charge in [0, 0.05) is 25.5 Å². The molecule has 19 heavy (non-hydrogen) atoms. The van der Waals surface area contributed by atoms with E-state index in [-0.39, 0.29) is 6.42 Å². The van der Waals surface area contributed by atoms with Crippen molar-refractivity contribution in [3.8, 4) is 0 Å². The second kappa shape index (κ2) is 9.55. The number of hydrogen-bond acceptors (Lipinski definition) is 3. The van der Waals surface area contributed by atoms with E-state index in [9.17, 15) is 4.79 Å². The van der Waals surface area contributed by atoms with Gasteiger partial charge in [0.25, 0.3) is 0 Å². The van der Waals surface area contributed by atoms with Crippen molar-refractivity contribution in [2.24, 2.45) is 0 Å². The Kier molecular flexibility index (Phi) is 7.89. The van der Waals surface area contributed by atoms with Crippen molar-refractivity contribution in [3.05, 3.63) is 18.7 Å². The van der Waals surface area contributed by atoms with E-state index in [0.29, 0.717) is 6.54 Å². The Morgan fingerprint density at radius 1 is 1.26 bits per heavy atom. The summed E-state index contributed by atoms with van der Waals surface area (Å²) in [7, 11) is 0. The first-order chi connectivity index (χ1) is 9.22. The number of unbranched alkanes of at least 4 members (excludes halogenated alkanes) is 2. The average molecular weight is 267 g/mol. The van der Waals surface area contributed by atoms with Gasteiger partial charge in [-0.1, -0.05) is 19.8 Å². The highest BCUT2D eigenvalue weighted by molar-refractivity contribution is 5.66. The summed E-state index contributed by atoms with van der Waals surface area (Å²) in [6.07, 6.45) is 10.4. The zero-order valence-corrected chi connectivity index (χ0v) is 11.8. The number of carbonyl (C=O) groups is 1. The molecule has 0 radical (unpaired) electrons. The van der Waals surface area contributed by atoms with Crippen LogP contribution in [0.5, 0.6) is 0 Å². The van der Waals surface area contributed by atoms with Crippen LogP contribution >= 0.6 is 0 Å². The van der Waals surface area contributed by atoms with Crippen molar-refractivity contribution >= 4 is 5.97 Å². The number of aryl methyl sites for hydroxylation is 1. The average Bonchev–Trinajstić information content (AvgIpc) is 2.88. The van der Waals surface area contributed by atoms with Crippen LogP contribution in [0.2, 0.25) is 0 Å². The maximum Gasteiger partial charge on any atom is 0.304 e. The van der Waals surface area contributed by atoms with E-state index in [0.717, 1.165) is 32.5 Å². The summed E-state index contributed by atoms with van der Waals surface area (Å²) in [5.41, 5.74) is 0. The van der Waals surface area contributed by atoms with Gasteiger partial charge in [-0.05, 0) is 25.9 Å². The predicted molar refractivity (Wildman–Crippen MR) is 75.1 cm³/mol. The molecule has 0 spiro atoms. The van der Waals surface area contributed by atoms with Gasteiger partial charge < -0.3 is 14.6 Å². The molecule has 0 aliphatic rings. The fourth-order valence-corrected chi connectivity index (χ4v) is 2.07. The Labute approximate surface area is 115 Å². The van der Waals surface area contributed by atoms with Crippen molar-refractivity contribution in [2.75, 3.05) is 19.6 Å². The van der Waals surface area contributed by atoms with Crippen LogP contribution < -0.4 is 0 Å². The fourth-order valence-electron chi connectivity index (χ4n) is 2.07. The second-order valence-electron chi connectivity index (χ2n) is 4.85. The maximum absolute atomic E-state index is 10.7. The second-order valence-corrected chi connectivity index (χ2v) is 4.85. The van der Waals surface area contributed by atoms with Gasteiger partial charge in [-0.15, -0.1) is 0 Å². The molecule has 1 N–H and O–H groups in total. The Morgan fingerprint density at radius 2 is 2.05 bits per heavy atom. The van der Waals surface area contributed by atoms with Crippen molar-refractivity contribution < 1.29 is 9.90 Å². The quantitative estimate of drug-likeness (QED) is 0.625. The molecule has 0 aromatic carbocycles. The maximum atomic E-state index is 10.7. The first kappa shape index (κ1) is 15.7. The van der Waals surface area contributed by atoms with Crippen molar-refractivity contribution in [1.82, 2.24) is 14.5 Å². The van der Waals surface area contributed by atoms with E-state index in [2.05, 4.69) is 21.4 Å². The molecule has 5 nitrogen and oxygen atoms in total. The normalized spacial score (nSPS) is 11.1. The Balaban J connectivity index is 2.24. The highest BCUT2D eigenvalue weighted by atomic mass is 16.4. The molecule has 1 aromatic rings. The third kappa shape index (κ3) is 7.62. The van der Waals surface area contributed by atoms with Crippen LogP contribution in [-0.4, -0.2) is 45.2 Å². The topological polar surface area (TPSA) is 58.4 Å². The van der Waals surface area contributed by atoms with E-state index in [1.165, 1.54) is 12.8 Å². The standard InChI is InChI=1S/C14H25N3O2/c1-2-3-4-8-16(11-6-14(18)19)9-5-10-17-12-7-15-13-17/h7,12-13H,2-6,8-11H2,1H3,(H,18,19). The van der Waals surface area contributed by atoms with Crippen LogP contribution in [0.3, 0.4) is 0 Å². The summed E-state index contributed by atoms with van der Waals surface area (Å²) in [5, 5.41) is 8.77. The largest absolute Gasteiger partial charge is 0.481 e. The fraction of sp³-hybridized carbons (Fsp3) is 0.714. The molecule has 5 heteroatoms. The minimum atomic E-state index is -0.713. The highest BCUT2D eigenvalue weighted by Gasteiger charge is 2.07. The number of carboxylic acid groups (broad SMARTS) is 1. The molecule has 0 atom stereocenters. The van der Waals surface area contributed by atoms with Crippen molar-refractivity contribution in [3.63, 3.8) is 0 Å². The van der Waals surface area contributed by atoms with E-state index < -0.39 is 5.97 Å². The Hall–Kier alpha value is -1.36. The van der Waals surface area contributed by atoms with Gasteiger partial charge in [-0.3, -0.25) is 4.79 Å². The van der Waals surface area contributed by atoms with E-state index in [4.69, 9.17) is 5.11 Å². The molecule has 1 heterocycles. The Morgan fingerprint density at radius 3 is 2.68 bits per heavy atom. The number of nitrogens with zero attached hydrogens (tertiary/aromatic N) is 3. The molecule has 0 fully saturated rings. The van der Waals surface area contributed by atoms with Crippen molar-refractivity contribution in [1.29, 1.82) is 0 Å². The molecule has 108 valence electrons. The van der Waals surface area contributed by atoms with Gasteiger partial charge >= 0.3 is 5.97 Å². The molecule has 1 rings (SSSR count). The lowest BCUT2D eigenvalue weighted by atomic mass is 10.2. The molecule has 0 saturated heterocycles. The number of imidazole rings is 1. The third-order valence-electron chi connectivity index (χ3n) is 3.17. The lowest BCUT2D eigenvalue weighted by Crippen LogP contribution is -2.29. The summed E-state index contributed by atoms with van der Waals surface area (Å²) in [6.45, 7) is 5.74. The van der Waals surface area contributed by atoms with Crippen LogP contribution in [0, 0.1) is 0 Å². The summed E-state index contributed by atoms with van der Waals surface area (Å²) < 4.78 is 2.06. The summed E-state index contributed by atoms with van der Waals surface area (Å²) in [6, 6.07) is 0. The van der Waals surface area contributed by atoms with Crippen LogP contribution in [0.4, 0.5) is 0 Å². The smallest absolute Gasteiger partial charge is 0.304 e. The summed E-state index contributed by atoms with van der Waals surface area (Å²) in [5.74, 6) is -0.713. The lowest BCUT2D eigenvalue weighted by molar-refractivity contribution is -0.137. The van der Waals surface area contributed by atoms with Crippen LogP contribution in [0.25, 0.3) is 0 Å². The number of hydrogen-bond donors (Lipinski definition) is 1. The summed E-state index contributed by atoms with van der Waals surface area (Å²) in [4.78, 5) is 16.9. The number of carboxylic acids is 1. The minimum absolute atomic E-state index is 0.233. The van der Waals surface area contributed by atoms with Gasteiger partial charge in [0.2, 0.25) is 0 Å². The van der Waals surface area contributed by atoms with Gasteiger partial charge in [0.15, 0.2) is 0 Å². The molecule has 0 amide bonds. The number of rotatable bonds is 11. The molecule has 0 saturated carbocycles. The molecule has 1 aromatic heterocycles. The predicted octanol–water partition coefficient (Wildman–Crippen LogP) is 2.24. The monoisotopic (exact) mass is 267 g/mol. The number of aliphatic carboxylic acids is 1. The third-order valence-corrected chi connectivity index (χ3v) is 3.17. The molecular formula is C14H25N3O2. The van der Waals surface area contributed by atoms with Gasteiger partial charge in [0.05, 0.1) is 12.7 Å². The first-order valence-corrected chi connectivity index (χ1v) is 7.12. The highest BCUT2D eigenvalue weighted by Crippen LogP contribution is 2.02. The molecular weight excluding hydrogens is 242 g/mol. The van der Waals surface area contributed by atoms with E-state index in [1.54, 1.807) is 6.20 Å². The van der Waals surface area contributed by atoms with Gasteiger partial charge in [0.1, 0.15) is 0 Å². The molecule has 0 bridgehead atoms. The van der Waals surface area contributed by atoms with E-state index >= 15 is 0 Å². The Bertz CT molecular complexity index is 338. The van der Waals surface area contributed by atoms with Gasteiger partial charge in [-0.2, -0.15) is 0 Å². The molecule has 0 aliphatic carbocycles. The molecule has 0 aliphatic heterocycles. The van der Waals surface area contributed by atoms with Crippen LogP contribution in [0.15, 0.2) is 18.7 Å². The van der Waals surface area contributed by atoms with Crippen LogP contribution in [-0.2, 0) is 11.3 Å². The van der Waals surface area contributed by atoms with Crippen LogP contribution in [0.1, 0.15) is 39.0 Å². The minimum Gasteiger partial charge on any atom is -0.481 e. The summed E-state index contributed by atoms with van der Waals surface area (Å²) >= 11 is 0. The zero-order chi connectivity index (χ0) is 13.9. The van der Waals surface area contributed by atoms with Crippen molar-refractivity contribution in [2.45, 2.75) is 45.6 Å². The number of aromatic nitrogens is 2. The SMILES string of the molecule is CCCCCN(CCCn1ccnc1)CCC(=O)O. The van der Waals surface area contributed by atoms with Gasteiger partial charge in [-0.25, -0.2) is 4.98 Å².